The van der Waals surface area contributed by atoms with Crippen molar-refractivity contribution in [1.82, 2.24) is 5.32 Å². The van der Waals surface area contributed by atoms with Gasteiger partial charge < -0.3 is 15.8 Å². The molecule has 0 aromatic heterocycles. The number of carbonyl (C=O) groups excluding carboxylic acids is 1. The number of nitrogens with one attached hydrogen (secondary N) is 1. The molecule has 0 spiro atoms. The molecule has 25 heavy (non-hydrogen) atoms. The lowest BCUT2D eigenvalue weighted by molar-refractivity contribution is -0.128. The first-order valence-electron chi connectivity index (χ1n) is 8.97. The lowest BCUT2D eigenvalue weighted by Crippen LogP contribution is -2.50. The van der Waals surface area contributed by atoms with Crippen LogP contribution in [0.25, 0.3) is 0 Å². The number of halogens is 2. The van der Waals surface area contributed by atoms with Crippen LogP contribution in [0.1, 0.15) is 39.0 Å². The average molecular weight is 371 g/mol. The molecule has 4 nitrogen and oxygen atoms in total. The topological polar surface area (TPSA) is 64.3 Å². The second kappa shape index (κ2) is 8.86. The molecule has 2 aliphatic rings. The molecule has 0 aliphatic heterocycles. The molecule has 2 aliphatic carbocycles. The average Bonchev–Trinajstić information content (AvgIpc) is 2.52. The summed E-state index contributed by atoms with van der Waals surface area (Å²) in [6.45, 7) is 2.24. The standard InChI is InChI=1S/C19H27FN2O2.ClH/c1-12(11-24-17-7-3-6-16(20)10-17)22-19(23)15-8-13-4-2-5-14(9-15)18(13)21;/h3,6-7,10,12-15,18H,2,4-5,8-9,11,21H2,1H3,(H,22,23);1H. The molecule has 140 valence electrons. The Kier molecular flexibility index (Phi) is 7.08. The van der Waals surface area contributed by atoms with E-state index in [9.17, 15) is 9.18 Å². The van der Waals surface area contributed by atoms with Gasteiger partial charge in [0.25, 0.3) is 0 Å². The van der Waals surface area contributed by atoms with Crippen molar-refractivity contribution < 1.29 is 13.9 Å². The zero-order chi connectivity index (χ0) is 17.1. The maximum absolute atomic E-state index is 13.1. The molecule has 2 fully saturated rings. The van der Waals surface area contributed by atoms with Gasteiger partial charge in [0.15, 0.2) is 0 Å². The summed E-state index contributed by atoms with van der Waals surface area (Å²) in [5, 5.41) is 3.04. The molecular formula is C19H28ClFN2O2. The van der Waals surface area contributed by atoms with Crippen LogP contribution in [0.15, 0.2) is 24.3 Å². The van der Waals surface area contributed by atoms with Crippen LogP contribution in [0.4, 0.5) is 4.39 Å². The molecule has 3 unspecified atom stereocenters. The van der Waals surface area contributed by atoms with E-state index in [0.29, 0.717) is 24.2 Å². The van der Waals surface area contributed by atoms with E-state index in [4.69, 9.17) is 10.5 Å². The van der Waals surface area contributed by atoms with Crippen LogP contribution in [0.2, 0.25) is 0 Å². The first-order chi connectivity index (χ1) is 11.5. The van der Waals surface area contributed by atoms with Crippen molar-refractivity contribution in [3.8, 4) is 5.75 Å². The predicted octanol–water partition coefficient (Wildman–Crippen LogP) is 3.28. The summed E-state index contributed by atoms with van der Waals surface area (Å²) >= 11 is 0. The monoisotopic (exact) mass is 370 g/mol. The number of ether oxygens (including phenoxy) is 1. The first kappa shape index (κ1) is 20.0. The van der Waals surface area contributed by atoms with E-state index in [0.717, 1.165) is 25.7 Å². The van der Waals surface area contributed by atoms with Crippen LogP contribution < -0.4 is 15.8 Å². The number of fused-ring (bicyclic) bond motifs is 2. The Hall–Kier alpha value is -1.33. The molecule has 3 N–H and O–H groups in total. The van der Waals surface area contributed by atoms with Crippen LogP contribution in [0.3, 0.4) is 0 Å². The molecule has 0 radical (unpaired) electrons. The first-order valence-corrected chi connectivity index (χ1v) is 8.97. The summed E-state index contributed by atoms with van der Waals surface area (Å²) in [5.74, 6) is 1.31. The largest absolute Gasteiger partial charge is 0.491 e. The highest BCUT2D eigenvalue weighted by Gasteiger charge is 2.40. The Bertz CT molecular complexity index is 572. The Balaban J connectivity index is 0.00000225. The van der Waals surface area contributed by atoms with Crippen molar-refractivity contribution in [2.45, 2.75) is 51.1 Å². The van der Waals surface area contributed by atoms with E-state index >= 15 is 0 Å². The summed E-state index contributed by atoms with van der Waals surface area (Å²) in [6, 6.07) is 6.20. The number of rotatable bonds is 5. The third kappa shape index (κ3) is 5.08. The van der Waals surface area contributed by atoms with Gasteiger partial charge in [0.05, 0.1) is 6.04 Å². The van der Waals surface area contributed by atoms with E-state index in [2.05, 4.69) is 5.32 Å². The highest BCUT2D eigenvalue weighted by atomic mass is 35.5. The summed E-state index contributed by atoms with van der Waals surface area (Å²) in [7, 11) is 0. The van der Waals surface area contributed by atoms with Crippen molar-refractivity contribution in [2.24, 2.45) is 23.5 Å². The zero-order valence-corrected chi connectivity index (χ0v) is 15.4. The fourth-order valence-corrected chi connectivity index (χ4v) is 4.18. The molecule has 1 amide bonds. The fourth-order valence-electron chi connectivity index (χ4n) is 4.18. The molecular weight excluding hydrogens is 343 g/mol. The van der Waals surface area contributed by atoms with Gasteiger partial charge >= 0.3 is 0 Å². The Morgan fingerprint density at radius 1 is 1.36 bits per heavy atom. The van der Waals surface area contributed by atoms with Crippen molar-refractivity contribution in [2.75, 3.05) is 6.61 Å². The molecule has 3 rings (SSSR count). The summed E-state index contributed by atoms with van der Waals surface area (Å²) in [4.78, 5) is 12.5. The van der Waals surface area contributed by atoms with Crippen LogP contribution in [0.5, 0.6) is 5.75 Å². The molecule has 2 bridgehead atoms. The molecule has 0 saturated heterocycles. The van der Waals surface area contributed by atoms with Gasteiger partial charge in [-0.05, 0) is 56.6 Å². The predicted molar refractivity (Wildman–Crippen MR) is 98.3 cm³/mol. The molecule has 3 atom stereocenters. The van der Waals surface area contributed by atoms with Gasteiger partial charge in [0, 0.05) is 18.0 Å². The van der Waals surface area contributed by atoms with Crippen molar-refractivity contribution in [3.05, 3.63) is 30.1 Å². The number of benzene rings is 1. The number of hydrogen-bond donors (Lipinski definition) is 2. The Morgan fingerprint density at radius 2 is 2.04 bits per heavy atom. The van der Waals surface area contributed by atoms with E-state index in [1.165, 1.54) is 18.6 Å². The lowest BCUT2D eigenvalue weighted by atomic mass is 9.65. The third-order valence-electron chi connectivity index (χ3n) is 5.47. The number of amides is 1. The third-order valence-corrected chi connectivity index (χ3v) is 5.47. The van der Waals surface area contributed by atoms with Crippen molar-refractivity contribution in [1.29, 1.82) is 0 Å². The SMILES string of the molecule is CC(COc1cccc(F)c1)NC(=O)C1CC2CCCC(C1)C2N.Cl. The smallest absolute Gasteiger partial charge is 0.223 e. The number of carbonyl (C=O) groups is 1. The van der Waals surface area contributed by atoms with Crippen LogP contribution in [0, 0.1) is 23.6 Å². The molecule has 6 heteroatoms. The van der Waals surface area contributed by atoms with Crippen molar-refractivity contribution >= 4 is 18.3 Å². The van der Waals surface area contributed by atoms with Crippen molar-refractivity contribution in [3.63, 3.8) is 0 Å². The molecule has 1 aromatic carbocycles. The van der Waals surface area contributed by atoms with Gasteiger partial charge in [0.2, 0.25) is 5.91 Å². The van der Waals surface area contributed by atoms with Gasteiger partial charge in [-0.3, -0.25) is 4.79 Å². The minimum atomic E-state index is -0.325. The Labute approximate surface area is 155 Å². The number of hydrogen-bond acceptors (Lipinski definition) is 3. The van der Waals surface area contributed by atoms with Gasteiger partial charge in [-0.25, -0.2) is 4.39 Å². The summed E-state index contributed by atoms with van der Waals surface area (Å²) in [6.07, 6.45) is 5.36. The maximum Gasteiger partial charge on any atom is 0.223 e. The maximum atomic E-state index is 13.1. The summed E-state index contributed by atoms with van der Waals surface area (Å²) < 4.78 is 18.7. The second-order valence-electron chi connectivity index (χ2n) is 7.37. The van der Waals surface area contributed by atoms with Gasteiger partial charge in [-0.2, -0.15) is 0 Å². The van der Waals surface area contributed by atoms with Gasteiger partial charge in [-0.1, -0.05) is 12.5 Å². The minimum Gasteiger partial charge on any atom is -0.491 e. The summed E-state index contributed by atoms with van der Waals surface area (Å²) in [5.41, 5.74) is 6.29. The minimum absolute atomic E-state index is 0. The number of nitrogens with two attached hydrogens (primary N) is 1. The highest BCUT2D eigenvalue weighted by molar-refractivity contribution is 5.85. The van der Waals surface area contributed by atoms with Gasteiger partial charge in [0.1, 0.15) is 18.2 Å². The fraction of sp³-hybridized carbons (Fsp3) is 0.632. The van der Waals surface area contributed by atoms with Crippen LogP contribution in [-0.2, 0) is 4.79 Å². The molecule has 2 saturated carbocycles. The molecule has 0 heterocycles. The van der Waals surface area contributed by atoms with E-state index in [1.54, 1.807) is 12.1 Å². The van der Waals surface area contributed by atoms with E-state index < -0.39 is 0 Å². The molecule has 1 aromatic rings. The quantitative estimate of drug-likeness (QED) is 0.835. The van der Waals surface area contributed by atoms with Gasteiger partial charge in [-0.15, -0.1) is 12.4 Å². The van der Waals surface area contributed by atoms with E-state index in [1.807, 2.05) is 6.92 Å². The normalized spacial score (nSPS) is 29.2. The van der Waals surface area contributed by atoms with Crippen LogP contribution >= 0.6 is 12.4 Å². The Morgan fingerprint density at radius 3 is 2.68 bits per heavy atom. The van der Waals surface area contributed by atoms with E-state index in [-0.39, 0.29) is 42.1 Å². The van der Waals surface area contributed by atoms with Crippen LogP contribution in [-0.4, -0.2) is 24.6 Å². The zero-order valence-electron chi connectivity index (χ0n) is 14.6. The second-order valence-corrected chi connectivity index (χ2v) is 7.37. The highest BCUT2D eigenvalue weighted by Crippen LogP contribution is 2.41. The lowest BCUT2D eigenvalue weighted by Gasteiger charge is -2.43.